The highest BCUT2D eigenvalue weighted by atomic mass is 16.3. The van der Waals surface area contributed by atoms with Crippen molar-refractivity contribution in [2.24, 2.45) is 0 Å². The van der Waals surface area contributed by atoms with E-state index in [2.05, 4.69) is 9.97 Å². The summed E-state index contributed by atoms with van der Waals surface area (Å²) in [5.41, 5.74) is 0.385. The maximum atomic E-state index is 12.1. The molecule has 1 aliphatic carbocycles. The zero-order valence-corrected chi connectivity index (χ0v) is 10.9. The van der Waals surface area contributed by atoms with E-state index in [1.165, 1.54) is 11.1 Å². The molecule has 1 N–H and O–H groups in total. The fourth-order valence-corrected chi connectivity index (χ4v) is 2.40. The lowest BCUT2D eigenvalue weighted by atomic mass is 10.0. The largest absolute Gasteiger partial charge is 0.388 e. The van der Waals surface area contributed by atoms with E-state index in [0.717, 1.165) is 31.4 Å². The monoisotopic (exact) mass is 249 g/mol. The summed E-state index contributed by atoms with van der Waals surface area (Å²) in [6.45, 7) is 2.19. The minimum absolute atomic E-state index is 0.192. The number of carbonyl (C=O) groups excluding carboxylic acids is 1. The van der Waals surface area contributed by atoms with Gasteiger partial charge < -0.3 is 10.0 Å². The number of hydrogen-bond donors (Lipinski definition) is 1. The van der Waals surface area contributed by atoms with Crippen LogP contribution in [0, 0.1) is 6.92 Å². The Bertz CT molecular complexity index is 424. The molecule has 0 atom stereocenters. The van der Waals surface area contributed by atoms with Crippen molar-refractivity contribution in [1.29, 1.82) is 0 Å². The Morgan fingerprint density at radius 2 is 2.06 bits per heavy atom. The van der Waals surface area contributed by atoms with Gasteiger partial charge in [0.05, 0.1) is 17.5 Å². The summed E-state index contributed by atoms with van der Waals surface area (Å²) >= 11 is 0. The highest BCUT2D eigenvalue weighted by Crippen LogP contribution is 2.30. The van der Waals surface area contributed by atoms with E-state index in [4.69, 9.17) is 0 Å². The fourth-order valence-electron chi connectivity index (χ4n) is 2.40. The van der Waals surface area contributed by atoms with Gasteiger partial charge in [-0.1, -0.05) is 12.8 Å². The van der Waals surface area contributed by atoms with E-state index in [1.54, 1.807) is 13.2 Å². The third kappa shape index (κ3) is 2.85. The number of rotatable bonds is 3. The summed E-state index contributed by atoms with van der Waals surface area (Å²) in [6, 6.07) is 0. The normalized spacial score (nSPS) is 17.7. The van der Waals surface area contributed by atoms with Gasteiger partial charge in [-0.15, -0.1) is 0 Å². The second-order valence-electron chi connectivity index (χ2n) is 5.14. The van der Waals surface area contributed by atoms with Crippen LogP contribution in [-0.2, 0) is 0 Å². The van der Waals surface area contributed by atoms with Crippen LogP contribution in [0.4, 0.5) is 0 Å². The van der Waals surface area contributed by atoms with Gasteiger partial charge >= 0.3 is 0 Å². The fraction of sp³-hybridized carbons (Fsp3) is 0.615. The van der Waals surface area contributed by atoms with Gasteiger partial charge in [-0.05, 0) is 19.8 Å². The van der Waals surface area contributed by atoms with E-state index in [-0.39, 0.29) is 5.91 Å². The van der Waals surface area contributed by atoms with Crippen LogP contribution < -0.4 is 0 Å². The lowest BCUT2D eigenvalue weighted by Gasteiger charge is -2.28. The van der Waals surface area contributed by atoms with Crippen molar-refractivity contribution in [2.45, 2.75) is 38.2 Å². The maximum absolute atomic E-state index is 12.1. The zero-order chi connectivity index (χ0) is 13.2. The first-order chi connectivity index (χ1) is 8.50. The molecule has 0 aliphatic heterocycles. The van der Waals surface area contributed by atoms with E-state index in [1.807, 2.05) is 6.92 Å². The van der Waals surface area contributed by atoms with E-state index in [0.29, 0.717) is 12.2 Å². The Morgan fingerprint density at radius 3 is 2.61 bits per heavy atom. The molecular formula is C13H19N3O2. The highest BCUT2D eigenvalue weighted by Gasteiger charge is 2.33. The van der Waals surface area contributed by atoms with Crippen molar-refractivity contribution in [3.05, 3.63) is 23.8 Å². The van der Waals surface area contributed by atoms with Crippen LogP contribution in [0.1, 0.15) is 41.9 Å². The average Bonchev–Trinajstić information content (AvgIpc) is 2.76. The number of aliphatic hydroxyl groups is 1. The Kier molecular flexibility index (Phi) is 3.61. The van der Waals surface area contributed by atoms with Gasteiger partial charge in [0.1, 0.15) is 5.69 Å². The number of carbonyl (C=O) groups is 1. The van der Waals surface area contributed by atoms with Crippen LogP contribution in [0.3, 0.4) is 0 Å². The molecule has 0 unspecified atom stereocenters. The van der Waals surface area contributed by atoms with Crippen molar-refractivity contribution < 1.29 is 9.90 Å². The van der Waals surface area contributed by atoms with Crippen molar-refractivity contribution in [1.82, 2.24) is 14.9 Å². The summed E-state index contributed by atoms with van der Waals surface area (Å²) in [5.74, 6) is -0.192. The van der Waals surface area contributed by atoms with Gasteiger partial charge in [0, 0.05) is 19.8 Å². The SMILES string of the molecule is Cc1cnc(C(=O)N(C)CC2(O)CCCC2)cn1. The van der Waals surface area contributed by atoms with Gasteiger partial charge in [-0.2, -0.15) is 0 Å². The molecule has 1 amide bonds. The molecule has 5 nitrogen and oxygen atoms in total. The quantitative estimate of drug-likeness (QED) is 0.873. The molecule has 0 saturated heterocycles. The number of nitrogens with zero attached hydrogens (tertiary/aromatic N) is 3. The summed E-state index contributed by atoms with van der Waals surface area (Å²) in [7, 11) is 1.69. The van der Waals surface area contributed by atoms with E-state index < -0.39 is 5.60 Å². The molecule has 0 bridgehead atoms. The van der Waals surface area contributed by atoms with Crippen LogP contribution >= 0.6 is 0 Å². The van der Waals surface area contributed by atoms with Gasteiger partial charge in [0.2, 0.25) is 0 Å². The zero-order valence-electron chi connectivity index (χ0n) is 10.9. The van der Waals surface area contributed by atoms with Crippen LogP contribution in [0.2, 0.25) is 0 Å². The minimum Gasteiger partial charge on any atom is -0.388 e. The summed E-state index contributed by atoms with van der Waals surface area (Å²) < 4.78 is 0. The summed E-state index contributed by atoms with van der Waals surface area (Å²) in [6.07, 6.45) is 6.65. The summed E-state index contributed by atoms with van der Waals surface area (Å²) in [5, 5.41) is 10.3. The van der Waals surface area contributed by atoms with Crippen LogP contribution in [-0.4, -0.2) is 45.1 Å². The van der Waals surface area contributed by atoms with Crippen LogP contribution in [0.5, 0.6) is 0 Å². The third-order valence-corrected chi connectivity index (χ3v) is 3.41. The highest BCUT2D eigenvalue weighted by molar-refractivity contribution is 5.91. The van der Waals surface area contributed by atoms with Crippen LogP contribution in [0.15, 0.2) is 12.4 Å². The Labute approximate surface area is 107 Å². The van der Waals surface area contributed by atoms with E-state index >= 15 is 0 Å². The predicted molar refractivity (Wildman–Crippen MR) is 67.1 cm³/mol. The number of aromatic nitrogens is 2. The van der Waals surface area contributed by atoms with E-state index in [9.17, 15) is 9.90 Å². The maximum Gasteiger partial charge on any atom is 0.273 e. The standard InChI is InChI=1S/C13H19N3O2/c1-10-7-15-11(8-14-10)12(17)16(2)9-13(18)5-3-4-6-13/h7-8,18H,3-6,9H2,1-2H3. The lowest BCUT2D eigenvalue weighted by molar-refractivity contribution is 0.0154. The molecule has 5 heteroatoms. The van der Waals surface area contributed by atoms with Crippen molar-refractivity contribution in [2.75, 3.05) is 13.6 Å². The first-order valence-corrected chi connectivity index (χ1v) is 6.27. The van der Waals surface area contributed by atoms with Crippen molar-refractivity contribution >= 4 is 5.91 Å². The smallest absolute Gasteiger partial charge is 0.273 e. The molecule has 2 rings (SSSR count). The third-order valence-electron chi connectivity index (χ3n) is 3.41. The van der Waals surface area contributed by atoms with Gasteiger partial charge in [-0.3, -0.25) is 9.78 Å². The summed E-state index contributed by atoms with van der Waals surface area (Å²) in [4.78, 5) is 21.8. The molecular weight excluding hydrogens is 230 g/mol. The Hall–Kier alpha value is -1.49. The second kappa shape index (κ2) is 5.02. The molecule has 1 heterocycles. The molecule has 1 aromatic heterocycles. The van der Waals surface area contributed by atoms with Crippen LogP contribution in [0.25, 0.3) is 0 Å². The minimum atomic E-state index is -0.720. The van der Waals surface area contributed by atoms with Crippen molar-refractivity contribution in [3.8, 4) is 0 Å². The Morgan fingerprint density at radius 1 is 1.39 bits per heavy atom. The van der Waals surface area contributed by atoms with Gasteiger partial charge in [0.15, 0.2) is 0 Å². The molecule has 1 fully saturated rings. The number of amides is 1. The molecule has 1 saturated carbocycles. The molecule has 1 aromatic rings. The molecule has 0 radical (unpaired) electrons. The van der Waals surface area contributed by atoms with Gasteiger partial charge in [-0.25, -0.2) is 4.98 Å². The second-order valence-corrected chi connectivity index (χ2v) is 5.14. The predicted octanol–water partition coefficient (Wildman–Crippen LogP) is 1.16. The number of aryl methyl sites for hydroxylation is 1. The molecule has 1 aliphatic rings. The molecule has 0 aromatic carbocycles. The number of hydrogen-bond acceptors (Lipinski definition) is 4. The first kappa shape index (κ1) is 13.0. The van der Waals surface area contributed by atoms with Gasteiger partial charge in [0.25, 0.3) is 5.91 Å². The lowest BCUT2D eigenvalue weighted by Crippen LogP contribution is -2.42. The first-order valence-electron chi connectivity index (χ1n) is 6.27. The topological polar surface area (TPSA) is 66.3 Å². The average molecular weight is 249 g/mol. The molecule has 18 heavy (non-hydrogen) atoms. The Balaban J connectivity index is 2.02. The number of likely N-dealkylation sites (N-methyl/N-ethyl adjacent to an activating group) is 1. The molecule has 0 spiro atoms. The van der Waals surface area contributed by atoms with Crippen molar-refractivity contribution in [3.63, 3.8) is 0 Å². The molecule has 98 valence electrons.